The maximum atomic E-state index is 10.9. The normalized spacial score (nSPS) is 21.9. The van der Waals surface area contributed by atoms with Gasteiger partial charge in [0.25, 0.3) is 0 Å². The summed E-state index contributed by atoms with van der Waals surface area (Å²) in [6, 6.07) is 13.6. The van der Waals surface area contributed by atoms with Crippen LogP contribution in [0.3, 0.4) is 0 Å². The summed E-state index contributed by atoms with van der Waals surface area (Å²) in [6.45, 7) is -0.775. The first-order valence-electron chi connectivity index (χ1n) is 11.3. The van der Waals surface area contributed by atoms with Crippen molar-refractivity contribution in [3.63, 3.8) is 0 Å². The Hall–Kier alpha value is -1.98. The number of hydrazine groups is 1. The van der Waals surface area contributed by atoms with Crippen molar-refractivity contribution in [1.29, 1.82) is 0 Å². The molecular weight excluding hydrogens is 574 g/mol. The molecule has 6 atom stereocenters. The predicted molar refractivity (Wildman–Crippen MR) is 149 cm³/mol. The fraction of sp³-hybridized carbons (Fsp3) is 0.348. The van der Waals surface area contributed by atoms with Crippen molar-refractivity contribution in [2.75, 3.05) is 13.7 Å². The summed E-state index contributed by atoms with van der Waals surface area (Å²) in [7, 11) is 1.58. The van der Waals surface area contributed by atoms with Crippen LogP contribution < -0.4 is 15.6 Å². The van der Waals surface area contributed by atoms with E-state index in [-0.39, 0.29) is 0 Å². The molecule has 11 nitrogen and oxygen atoms in total. The smallest absolute Gasteiger partial charge is 0.177 e. The third-order valence-electron chi connectivity index (χ3n) is 5.55. The lowest BCUT2D eigenvalue weighted by atomic mass is 9.99. The number of nitrogens with zero attached hydrogens (tertiary/aromatic N) is 3. The summed E-state index contributed by atoms with van der Waals surface area (Å²) >= 11 is 10.2. The number of thioether (sulfide) groups is 2. The summed E-state index contributed by atoms with van der Waals surface area (Å²) in [4.78, 5) is 4.59. The highest BCUT2D eigenvalue weighted by molar-refractivity contribution is 8.25. The van der Waals surface area contributed by atoms with Gasteiger partial charge < -0.3 is 30.3 Å². The molecule has 38 heavy (non-hydrogen) atoms. The highest BCUT2D eigenvalue weighted by atomic mass is 35.5. The Bertz CT molecular complexity index is 1240. The van der Waals surface area contributed by atoms with Crippen molar-refractivity contribution in [3.05, 3.63) is 53.6 Å². The van der Waals surface area contributed by atoms with Gasteiger partial charge in [0.15, 0.2) is 9.51 Å². The zero-order chi connectivity index (χ0) is 27.2. The minimum absolute atomic E-state index is 0.484. The van der Waals surface area contributed by atoms with E-state index in [1.807, 2.05) is 18.2 Å². The quantitative estimate of drug-likeness (QED) is 0.180. The lowest BCUT2D eigenvalue weighted by molar-refractivity contribution is -0.121. The second kappa shape index (κ2) is 13.4. The number of rotatable bonds is 10. The van der Waals surface area contributed by atoms with Crippen LogP contribution in [0.4, 0.5) is 5.69 Å². The molecule has 0 aliphatic carbocycles. The van der Waals surface area contributed by atoms with Gasteiger partial charge in [-0.15, -0.1) is 10.2 Å². The van der Waals surface area contributed by atoms with E-state index in [9.17, 15) is 20.4 Å². The van der Waals surface area contributed by atoms with Crippen LogP contribution in [0.5, 0.6) is 5.75 Å². The van der Waals surface area contributed by atoms with Crippen molar-refractivity contribution in [2.24, 2.45) is 4.99 Å². The Morgan fingerprint density at radius 1 is 1.08 bits per heavy atom. The van der Waals surface area contributed by atoms with E-state index < -0.39 is 41.6 Å². The number of benzene rings is 2. The Kier molecular flexibility index (Phi) is 10.2. The topological polar surface area (TPSA) is 173 Å². The van der Waals surface area contributed by atoms with E-state index in [0.29, 0.717) is 31.0 Å². The molecule has 2 aromatic carbocycles. The zero-order valence-electron chi connectivity index (χ0n) is 19.9. The van der Waals surface area contributed by atoms with Gasteiger partial charge in [0.05, 0.1) is 35.1 Å². The number of amidine groups is 1. The number of ether oxygens (including phenoxy) is 1. The van der Waals surface area contributed by atoms with E-state index >= 15 is 0 Å². The van der Waals surface area contributed by atoms with Gasteiger partial charge in [0.1, 0.15) is 35.2 Å². The van der Waals surface area contributed by atoms with Crippen molar-refractivity contribution in [2.45, 2.75) is 39.4 Å². The fourth-order valence-electron chi connectivity index (χ4n) is 3.45. The maximum Gasteiger partial charge on any atom is 0.177 e. The molecule has 0 bridgehead atoms. The lowest BCUT2D eigenvalue weighted by Gasteiger charge is -2.38. The monoisotopic (exact) mass is 599 g/mol. The molecule has 204 valence electrons. The van der Waals surface area contributed by atoms with Gasteiger partial charge >= 0.3 is 0 Å². The number of nitrogens with one attached hydrogen (secondary N) is 2. The van der Waals surface area contributed by atoms with Crippen LogP contribution in [0.1, 0.15) is 0 Å². The highest BCUT2D eigenvalue weighted by Crippen LogP contribution is 2.41. The second-order valence-corrected chi connectivity index (χ2v) is 12.3. The Balaban J connectivity index is 1.57. The molecule has 1 fully saturated rings. The standard InChI is InChI=1S/C23H26ClN5O6S3/c1-35-12-8-6-11(7-9-12)25-22-28-26-16(18(33)19(34)17(32)15(31)10-30)21(37-22)38-23-29-27-20(36-23)13-4-2-3-5-14(13)24/h2-9,15-19,21,26,30-34H,10H2,1H3,(H,25,28)/t15-,16?,17-,18+,19+,21?/m1/s1. The summed E-state index contributed by atoms with van der Waals surface area (Å²) < 4.78 is 5.25. The number of aliphatic imine (C=N–C) groups is 1. The van der Waals surface area contributed by atoms with E-state index in [2.05, 4.69) is 26.0 Å². The van der Waals surface area contributed by atoms with Crippen molar-refractivity contribution < 1.29 is 30.3 Å². The first kappa shape index (κ1) is 29.0. The number of aromatic nitrogens is 2. The number of methoxy groups -OCH3 is 1. The number of aliphatic hydroxyl groups excluding tert-OH is 5. The average Bonchev–Trinajstić information content (AvgIpc) is 3.40. The molecule has 0 saturated carbocycles. The van der Waals surface area contributed by atoms with Crippen molar-refractivity contribution in [3.8, 4) is 16.3 Å². The number of hydrogen-bond donors (Lipinski definition) is 7. The van der Waals surface area contributed by atoms with Crippen LogP contribution in [0.25, 0.3) is 10.6 Å². The number of aliphatic hydroxyl groups is 5. The first-order chi connectivity index (χ1) is 18.3. The van der Waals surface area contributed by atoms with Gasteiger partial charge in [0.2, 0.25) is 0 Å². The minimum Gasteiger partial charge on any atom is -0.497 e. The third kappa shape index (κ3) is 6.96. The summed E-state index contributed by atoms with van der Waals surface area (Å²) in [6.07, 6.45) is -6.69. The molecule has 15 heteroatoms. The SMILES string of the molecule is COc1ccc(N=C2NNC([C@H](O)[C@@H](O)[C@H](O)[C@H](O)CO)C(Sc3nnc(-c4ccccc4Cl)s3)S2)cc1. The van der Waals surface area contributed by atoms with E-state index in [1.165, 1.54) is 34.9 Å². The molecule has 1 aromatic heterocycles. The molecule has 2 unspecified atom stereocenters. The molecule has 1 aliphatic heterocycles. The minimum atomic E-state index is -1.77. The van der Waals surface area contributed by atoms with E-state index in [0.717, 1.165) is 5.56 Å². The molecule has 3 aromatic rings. The second-order valence-electron chi connectivity index (χ2n) is 8.09. The van der Waals surface area contributed by atoms with Crippen LogP contribution in [0, 0.1) is 0 Å². The molecule has 0 amide bonds. The van der Waals surface area contributed by atoms with E-state index in [1.54, 1.807) is 37.4 Å². The van der Waals surface area contributed by atoms with Gasteiger partial charge in [-0.1, -0.05) is 64.7 Å². The Morgan fingerprint density at radius 2 is 1.82 bits per heavy atom. The van der Waals surface area contributed by atoms with Gasteiger partial charge in [-0.25, -0.2) is 10.4 Å². The van der Waals surface area contributed by atoms with Crippen LogP contribution in [-0.4, -0.2) is 89.7 Å². The highest BCUT2D eigenvalue weighted by Gasteiger charge is 2.42. The molecule has 1 aliphatic rings. The maximum absolute atomic E-state index is 10.9. The molecule has 7 N–H and O–H groups in total. The summed E-state index contributed by atoms with van der Waals surface area (Å²) in [5.41, 5.74) is 7.26. The van der Waals surface area contributed by atoms with Crippen LogP contribution >= 0.6 is 46.5 Å². The van der Waals surface area contributed by atoms with Gasteiger partial charge in [0, 0.05) is 5.56 Å². The molecule has 0 spiro atoms. The molecule has 2 heterocycles. The average molecular weight is 600 g/mol. The Morgan fingerprint density at radius 3 is 2.50 bits per heavy atom. The number of hydrogen-bond acceptors (Lipinski definition) is 13. The molecular formula is C23H26ClN5O6S3. The van der Waals surface area contributed by atoms with Crippen molar-refractivity contribution >= 4 is 57.3 Å². The fourth-order valence-corrected chi connectivity index (χ4v) is 7.54. The molecule has 4 rings (SSSR count). The predicted octanol–water partition coefficient (Wildman–Crippen LogP) is 1.62. The molecule has 1 saturated heterocycles. The summed E-state index contributed by atoms with van der Waals surface area (Å²) in [5, 5.41) is 60.6. The molecule has 0 radical (unpaired) electrons. The van der Waals surface area contributed by atoms with Gasteiger partial charge in [-0.2, -0.15) is 0 Å². The lowest BCUT2D eigenvalue weighted by Crippen LogP contribution is -2.62. The van der Waals surface area contributed by atoms with Crippen molar-refractivity contribution in [1.82, 2.24) is 21.0 Å². The Labute approximate surface area is 235 Å². The largest absolute Gasteiger partial charge is 0.497 e. The van der Waals surface area contributed by atoms with E-state index in [4.69, 9.17) is 21.4 Å². The third-order valence-corrected chi connectivity index (χ3v) is 9.49. The van der Waals surface area contributed by atoms with Gasteiger partial charge in [-0.05, 0) is 30.3 Å². The van der Waals surface area contributed by atoms with Crippen LogP contribution in [0.2, 0.25) is 5.02 Å². The summed E-state index contributed by atoms with van der Waals surface area (Å²) in [5.74, 6) is 0.691. The number of halogens is 1. The van der Waals surface area contributed by atoms with Crippen LogP contribution in [0.15, 0.2) is 57.9 Å². The first-order valence-corrected chi connectivity index (χ1v) is 14.2. The zero-order valence-corrected chi connectivity index (χ0v) is 23.1. The van der Waals surface area contributed by atoms with Crippen LogP contribution in [-0.2, 0) is 0 Å². The van der Waals surface area contributed by atoms with Gasteiger partial charge in [-0.3, -0.25) is 5.43 Å².